The van der Waals surface area contributed by atoms with E-state index in [1.165, 1.54) is 17.0 Å². The molecule has 2 fully saturated rings. The summed E-state index contributed by atoms with van der Waals surface area (Å²) in [6.45, 7) is 2.71. The van der Waals surface area contributed by atoms with Crippen molar-refractivity contribution in [3.63, 3.8) is 0 Å². The van der Waals surface area contributed by atoms with Gasteiger partial charge in [0.2, 0.25) is 5.88 Å². The number of aromatic nitrogens is 1. The number of piperidine rings is 1. The number of ether oxygens (including phenoxy) is 1. The van der Waals surface area contributed by atoms with Crippen LogP contribution in [-0.2, 0) is 0 Å². The molecule has 140 valence electrons. The normalized spacial score (nSPS) is 23.0. The number of hydrogen-bond donors (Lipinski definition) is 1. The van der Waals surface area contributed by atoms with E-state index < -0.39 is 6.09 Å². The van der Waals surface area contributed by atoms with E-state index in [1.807, 2.05) is 0 Å². The molecule has 7 heteroatoms. The lowest BCUT2D eigenvalue weighted by Crippen LogP contribution is -2.31. The Labute approximate surface area is 155 Å². The molecule has 1 aliphatic heterocycles. The van der Waals surface area contributed by atoms with Gasteiger partial charge in [-0.25, -0.2) is 14.2 Å². The van der Waals surface area contributed by atoms with Crippen LogP contribution in [0.15, 0.2) is 36.4 Å². The van der Waals surface area contributed by atoms with Gasteiger partial charge in [-0.1, -0.05) is 6.92 Å². The Hall–Kier alpha value is -2.96. The summed E-state index contributed by atoms with van der Waals surface area (Å²) >= 11 is 0. The first-order valence-electron chi connectivity index (χ1n) is 8.92. The Morgan fingerprint density at radius 2 is 1.89 bits per heavy atom. The zero-order valence-corrected chi connectivity index (χ0v) is 14.8. The number of ketones is 1. The number of amides is 1. The van der Waals surface area contributed by atoms with Gasteiger partial charge >= 0.3 is 6.09 Å². The Morgan fingerprint density at radius 1 is 1.22 bits per heavy atom. The van der Waals surface area contributed by atoms with Crippen molar-refractivity contribution in [2.24, 2.45) is 11.8 Å². The van der Waals surface area contributed by atoms with Gasteiger partial charge in [-0.3, -0.25) is 4.79 Å². The van der Waals surface area contributed by atoms with Gasteiger partial charge in [0.25, 0.3) is 0 Å². The van der Waals surface area contributed by atoms with E-state index in [2.05, 4.69) is 4.98 Å². The Balaban J connectivity index is 1.57. The summed E-state index contributed by atoms with van der Waals surface area (Å²) in [5.74, 6) is 0.309. The summed E-state index contributed by atoms with van der Waals surface area (Å²) in [6.07, 6.45) is -0.636. The summed E-state index contributed by atoms with van der Waals surface area (Å²) in [5, 5.41) is 9.04. The van der Waals surface area contributed by atoms with Crippen molar-refractivity contribution >= 4 is 11.9 Å². The Kier molecular flexibility index (Phi) is 4.30. The molecule has 1 aromatic carbocycles. The second-order valence-electron chi connectivity index (χ2n) is 6.96. The van der Waals surface area contributed by atoms with Gasteiger partial charge in [-0.2, -0.15) is 0 Å². The van der Waals surface area contributed by atoms with Crippen molar-refractivity contribution in [1.29, 1.82) is 0 Å². The number of rotatable bonds is 5. The molecule has 6 nitrogen and oxygen atoms in total. The van der Waals surface area contributed by atoms with Crippen LogP contribution in [0, 0.1) is 17.7 Å². The summed E-state index contributed by atoms with van der Waals surface area (Å²) in [7, 11) is 0. The lowest BCUT2D eigenvalue weighted by atomic mass is 10.1. The molecule has 27 heavy (non-hydrogen) atoms. The van der Waals surface area contributed by atoms with Crippen molar-refractivity contribution in [2.75, 3.05) is 13.1 Å². The average molecular weight is 370 g/mol. The topological polar surface area (TPSA) is 79.7 Å². The van der Waals surface area contributed by atoms with Crippen LogP contribution in [-0.4, -0.2) is 46.1 Å². The van der Waals surface area contributed by atoms with Crippen LogP contribution in [0.4, 0.5) is 9.18 Å². The average Bonchev–Trinajstić information content (AvgIpc) is 3.10. The Bertz CT molecular complexity index is 887. The van der Waals surface area contributed by atoms with Crippen molar-refractivity contribution in [3.8, 4) is 17.1 Å². The SMILES string of the molecule is CCC(=O)c1cc(OC2[C@H]3CN(C(=O)O)C[C@@H]23)nc(-c2ccc(F)cc2)c1. The maximum atomic E-state index is 13.2. The number of nitrogens with zero attached hydrogens (tertiary/aromatic N) is 2. The molecule has 1 saturated heterocycles. The van der Waals surface area contributed by atoms with E-state index in [-0.39, 0.29) is 29.5 Å². The number of likely N-dealkylation sites (tertiary alicyclic amines) is 1. The summed E-state index contributed by atoms with van der Waals surface area (Å²) in [6, 6.07) is 9.22. The standard InChI is InChI=1S/C20H19FN2O4/c1-2-17(24)12-7-16(11-3-5-13(21)6-4-11)22-18(8-12)27-19-14-9-23(20(25)26)10-15(14)19/h3-8,14-15,19H,2,9-10H2,1H3,(H,25,26)/t14-,15+,19?. The maximum absolute atomic E-state index is 13.2. The lowest BCUT2D eigenvalue weighted by molar-refractivity contribution is 0.0986. The molecule has 2 aromatic rings. The molecular weight excluding hydrogens is 351 g/mol. The molecule has 1 aliphatic carbocycles. The van der Waals surface area contributed by atoms with E-state index in [0.29, 0.717) is 42.2 Å². The van der Waals surface area contributed by atoms with Gasteiger partial charge in [0.15, 0.2) is 5.78 Å². The molecular formula is C20H19FN2O4. The van der Waals surface area contributed by atoms with Crippen molar-refractivity contribution in [3.05, 3.63) is 47.8 Å². The van der Waals surface area contributed by atoms with E-state index in [0.717, 1.165) is 0 Å². The third-order valence-corrected chi connectivity index (χ3v) is 5.23. The number of hydrogen-bond acceptors (Lipinski definition) is 4. The molecule has 0 radical (unpaired) electrons. The molecule has 4 rings (SSSR count). The minimum Gasteiger partial charge on any atom is -0.474 e. The highest BCUT2D eigenvalue weighted by molar-refractivity contribution is 5.97. The van der Waals surface area contributed by atoms with Crippen molar-refractivity contribution in [2.45, 2.75) is 19.4 Å². The number of pyridine rings is 1. The number of Topliss-reactive ketones (excluding diaryl/α,β-unsaturated/α-hetero) is 1. The fraction of sp³-hybridized carbons (Fsp3) is 0.350. The molecule has 1 saturated carbocycles. The molecule has 1 N–H and O–H groups in total. The van der Waals surface area contributed by atoms with E-state index in [9.17, 15) is 14.0 Å². The highest BCUT2D eigenvalue weighted by atomic mass is 19.1. The molecule has 1 aromatic heterocycles. The van der Waals surface area contributed by atoms with Gasteiger partial charge in [0, 0.05) is 48.5 Å². The monoisotopic (exact) mass is 370 g/mol. The first-order chi connectivity index (χ1) is 13.0. The smallest absolute Gasteiger partial charge is 0.407 e. The van der Waals surface area contributed by atoms with Gasteiger partial charge < -0.3 is 14.7 Å². The fourth-order valence-corrected chi connectivity index (χ4v) is 3.64. The van der Waals surface area contributed by atoms with Crippen LogP contribution in [0.1, 0.15) is 23.7 Å². The van der Waals surface area contributed by atoms with Crippen molar-refractivity contribution in [1.82, 2.24) is 9.88 Å². The highest BCUT2D eigenvalue weighted by Crippen LogP contribution is 2.47. The third-order valence-electron chi connectivity index (χ3n) is 5.23. The minimum atomic E-state index is -0.909. The molecule has 1 amide bonds. The predicted molar refractivity (Wildman–Crippen MR) is 95.2 cm³/mol. The van der Waals surface area contributed by atoms with Gasteiger partial charge in [-0.15, -0.1) is 0 Å². The first kappa shape index (κ1) is 17.5. The summed E-state index contributed by atoms with van der Waals surface area (Å²) < 4.78 is 19.2. The molecule has 2 aliphatic rings. The van der Waals surface area contributed by atoms with Crippen molar-refractivity contribution < 1.29 is 23.8 Å². The number of benzene rings is 1. The molecule has 2 heterocycles. The molecule has 3 atom stereocenters. The second kappa shape index (κ2) is 6.64. The number of carbonyl (C=O) groups is 2. The maximum Gasteiger partial charge on any atom is 0.407 e. The van der Waals surface area contributed by atoms with Crippen LogP contribution >= 0.6 is 0 Å². The van der Waals surface area contributed by atoms with Crippen LogP contribution in [0.3, 0.4) is 0 Å². The zero-order chi connectivity index (χ0) is 19.1. The number of fused-ring (bicyclic) bond motifs is 1. The predicted octanol–water partition coefficient (Wildman–Crippen LogP) is 3.47. The van der Waals surface area contributed by atoms with E-state index in [4.69, 9.17) is 9.84 Å². The number of carbonyl (C=O) groups excluding carboxylic acids is 1. The second-order valence-corrected chi connectivity index (χ2v) is 6.96. The lowest BCUT2D eigenvalue weighted by Gasteiger charge is -2.17. The first-order valence-corrected chi connectivity index (χ1v) is 8.92. The van der Waals surface area contributed by atoms with Crippen LogP contribution < -0.4 is 4.74 Å². The largest absolute Gasteiger partial charge is 0.474 e. The molecule has 1 unspecified atom stereocenters. The fourth-order valence-electron chi connectivity index (χ4n) is 3.64. The summed E-state index contributed by atoms with van der Waals surface area (Å²) in [5.41, 5.74) is 1.74. The van der Waals surface area contributed by atoms with E-state index in [1.54, 1.807) is 31.2 Å². The van der Waals surface area contributed by atoms with Crippen LogP contribution in [0.2, 0.25) is 0 Å². The quantitative estimate of drug-likeness (QED) is 0.816. The third kappa shape index (κ3) is 3.37. The minimum absolute atomic E-state index is 0.0290. The van der Waals surface area contributed by atoms with Gasteiger partial charge in [0.1, 0.15) is 11.9 Å². The Morgan fingerprint density at radius 3 is 2.48 bits per heavy atom. The van der Waals surface area contributed by atoms with Gasteiger partial charge in [-0.05, 0) is 30.3 Å². The zero-order valence-electron chi connectivity index (χ0n) is 14.8. The highest BCUT2D eigenvalue weighted by Gasteiger charge is 2.59. The summed E-state index contributed by atoms with van der Waals surface area (Å²) in [4.78, 5) is 29.1. The number of carboxylic acid groups (broad SMARTS) is 1. The van der Waals surface area contributed by atoms with E-state index >= 15 is 0 Å². The number of halogens is 1. The molecule has 0 bridgehead atoms. The van der Waals surface area contributed by atoms with Gasteiger partial charge in [0.05, 0.1) is 5.69 Å². The van der Waals surface area contributed by atoms with Crippen LogP contribution in [0.25, 0.3) is 11.3 Å². The van der Waals surface area contributed by atoms with Crippen LogP contribution in [0.5, 0.6) is 5.88 Å². The molecule has 0 spiro atoms.